The molecule has 0 radical (unpaired) electrons. The van der Waals surface area contributed by atoms with E-state index in [0.29, 0.717) is 11.9 Å². The quantitative estimate of drug-likeness (QED) is 0.738. The van der Waals surface area contributed by atoms with Crippen molar-refractivity contribution in [3.63, 3.8) is 0 Å². The van der Waals surface area contributed by atoms with Gasteiger partial charge in [-0.05, 0) is 26.3 Å². The van der Waals surface area contributed by atoms with Gasteiger partial charge in [0, 0.05) is 5.69 Å². The van der Waals surface area contributed by atoms with Crippen LogP contribution in [0.3, 0.4) is 0 Å². The maximum absolute atomic E-state index is 5.65. The molecule has 0 aliphatic heterocycles. The molecular formula is C10H12ClN3O. The highest BCUT2D eigenvalue weighted by Gasteiger charge is 2.13. The second kappa shape index (κ2) is 3.70. The molecular weight excluding hydrogens is 214 g/mol. The van der Waals surface area contributed by atoms with Crippen LogP contribution in [0.2, 0.25) is 0 Å². The van der Waals surface area contributed by atoms with E-state index in [1.54, 1.807) is 10.9 Å². The lowest BCUT2D eigenvalue weighted by Crippen LogP contribution is -1.99. The molecule has 0 atom stereocenters. The van der Waals surface area contributed by atoms with Gasteiger partial charge in [0.25, 0.3) is 0 Å². The van der Waals surface area contributed by atoms with Crippen LogP contribution in [0.15, 0.2) is 10.7 Å². The van der Waals surface area contributed by atoms with E-state index in [1.165, 1.54) is 0 Å². The average Bonchev–Trinajstić information content (AvgIpc) is 2.79. The maximum atomic E-state index is 5.65. The minimum absolute atomic E-state index is 0.349. The SMILES string of the molecule is Cc1nn(-c2nc(CCl)co2)c(C)c1C. The first-order valence-electron chi connectivity index (χ1n) is 4.67. The lowest BCUT2D eigenvalue weighted by Gasteiger charge is -1.96. The number of nitrogens with zero attached hydrogens (tertiary/aromatic N) is 3. The number of hydrogen-bond donors (Lipinski definition) is 0. The van der Waals surface area contributed by atoms with Crippen LogP contribution in [0.25, 0.3) is 6.01 Å². The Hall–Kier alpha value is -1.29. The van der Waals surface area contributed by atoms with E-state index in [4.69, 9.17) is 16.0 Å². The van der Waals surface area contributed by atoms with Crippen LogP contribution in [-0.2, 0) is 5.88 Å². The van der Waals surface area contributed by atoms with Gasteiger partial charge >= 0.3 is 6.01 Å². The molecule has 2 aromatic rings. The van der Waals surface area contributed by atoms with Gasteiger partial charge in [-0.25, -0.2) is 0 Å². The average molecular weight is 226 g/mol. The van der Waals surface area contributed by atoms with Gasteiger partial charge in [-0.15, -0.1) is 11.6 Å². The number of halogens is 1. The Kier molecular flexibility index (Phi) is 2.52. The van der Waals surface area contributed by atoms with Crippen LogP contribution in [0.1, 0.15) is 22.6 Å². The largest absolute Gasteiger partial charge is 0.430 e. The molecule has 0 aliphatic rings. The summed E-state index contributed by atoms with van der Waals surface area (Å²) >= 11 is 5.65. The molecule has 0 bridgehead atoms. The molecule has 5 heteroatoms. The third-order valence-corrected chi connectivity index (χ3v) is 2.78. The zero-order chi connectivity index (χ0) is 11.0. The van der Waals surface area contributed by atoms with Crippen molar-refractivity contribution in [3.8, 4) is 6.01 Å². The Morgan fingerprint density at radius 3 is 2.60 bits per heavy atom. The Morgan fingerprint density at radius 2 is 2.13 bits per heavy atom. The fourth-order valence-corrected chi connectivity index (χ4v) is 1.48. The summed E-state index contributed by atoms with van der Waals surface area (Å²) in [6.07, 6.45) is 1.55. The summed E-state index contributed by atoms with van der Waals surface area (Å²) in [6.45, 7) is 5.98. The Bertz CT molecular complexity index is 487. The molecule has 0 saturated heterocycles. The lowest BCUT2D eigenvalue weighted by atomic mass is 10.2. The molecule has 0 unspecified atom stereocenters. The highest BCUT2D eigenvalue weighted by atomic mass is 35.5. The van der Waals surface area contributed by atoms with E-state index in [9.17, 15) is 0 Å². The lowest BCUT2D eigenvalue weighted by molar-refractivity contribution is 0.504. The molecule has 0 saturated carbocycles. The standard InChI is InChI=1S/C10H12ClN3O/c1-6-7(2)13-14(8(6)3)10-12-9(4-11)5-15-10/h5H,4H2,1-3H3. The van der Waals surface area contributed by atoms with E-state index < -0.39 is 0 Å². The smallest absolute Gasteiger partial charge is 0.323 e. The van der Waals surface area contributed by atoms with Crippen molar-refractivity contribution < 1.29 is 4.42 Å². The Morgan fingerprint density at radius 1 is 1.40 bits per heavy atom. The van der Waals surface area contributed by atoms with Gasteiger partial charge in [0.05, 0.1) is 17.3 Å². The van der Waals surface area contributed by atoms with Crippen molar-refractivity contribution in [2.45, 2.75) is 26.7 Å². The minimum Gasteiger partial charge on any atom is -0.430 e. The Balaban J connectivity index is 2.49. The third-order valence-electron chi connectivity index (χ3n) is 2.51. The van der Waals surface area contributed by atoms with Crippen molar-refractivity contribution in [2.24, 2.45) is 0 Å². The van der Waals surface area contributed by atoms with Crippen LogP contribution in [0.4, 0.5) is 0 Å². The van der Waals surface area contributed by atoms with Crippen molar-refractivity contribution in [2.75, 3.05) is 0 Å². The highest BCUT2D eigenvalue weighted by Crippen LogP contribution is 2.16. The molecule has 2 heterocycles. The Labute approximate surface area is 92.9 Å². The first-order valence-corrected chi connectivity index (χ1v) is 5.20. The molecule has 15 heavy (non-hydrogen) atoms. The van der Waals surface area contributed by atoms with E-state index in [1.807, 2.05) is 20.8 Å². The summed E-state index contributed by atoms with van der Waals surface area (Å²) in [7, 11) is 0. The predicted octanol–water partition coefficient (Wildman–Crippen LogP) is 2.52. The summed E-state index contributed by atoms with van der Waals surface area (Å²) in [5.41, 5.74) is 3.89. The topological polar surface area (TPSA) is 43.9 Å². The summed E-state index contributed by atoms with van der Waals surface area (Å²) in [5, 5.41) is 4.34. The molecule has 0 N–H and O–H groups in total. The zero-order valence-electron chi connectivity index (χ0n) is 8.91. The second-order valence-electron chi connectivity index (χ2n) is 3.46. The van der Waals surface area contributed by atoms with Gasteiger partial charge < -0.3 is 4.42 Å². The summed E-state index contributed by atoms with van der Waals surface area (Å²) in [6, 6.07) is 0.472. The number of rotatable bonds is 2. The van der Waals surface area contributed by atoms with Crippen LogP contribution in [0, 0.1) is 20.8 Å². The van der Waals surface area contributed by atoms with E-state index >= 15 is 0 Å². The van der Waals surface area contributed by atoms with Gasteiger partial charge in [-0.3, -0.25) is 0 Å². The first kappa shape index (κ1) is 10.2. The molecule has 0 spiro atoms. The van der Waals surface area contributed by atoms with E-state index in [0.717, 1.165) is 22.6 Å². The molecule has 0 amide bonds. The molecule has 4 nitrogen and oxygen atoms in total. The van der Waals surface area contributed by atoms with Crippen LogP contribution < -0.4 is 0 Å². The van der Waals surface area contributed by atoms with Crippen LogP contribution >= 0.6 is 11.6 Å². The minimum atomic E-state index is 0.349. The van der Waals surface area contributed by atoms with Crippen molar-refractivity contribution >= 4 is 11.6 Å². The third kappa shape index (κ3) is 1.65. The maximum Gasteiger partial charge on any atom is 0.323 e. The predicted molar refractivity (Wildman–Crippen MR) is 57.4 cm³/mol. The monoisotopic (exact) mass is 225 g/mol. The molecule has 80 valence electrons. The normalized spacial score (nSPS) is 10.9. The van der Waals surface area contributed by atoms with Crippen molar-refractivity contribution in [1.82, 2.24) is 14.8 Å². The van der Waals surface area contributed by atoms with Crippen LogP contribution in [-0.4, -0.2) is 14.8 Å². The molecule has 0 aromatic carbocycles. The second-order valence-corrected chi connectivity index (χ2v) is 3.73. The van der Waals surface area contributed by atoms with Gasteiger partial charge in [0.1, 0.15) is 6.26 Å². The van der Waals surface area contributed by atoms with Crippen molar-refractivity contribution in [3.05, 3.63) is 28.9 Å². The summed E-state index contributed by atoms with van der Waals surface area (Å²) < 4.78 is 6.99. The van der Waals surface area contributed by atoms with E-state index in [2.05, 4.69) is 10.1 Å². The highest BCUT2D eigenvalue weighted by molar-refractivity contribution is 6.16. The zero-order valence-corrected chi connectivity index (χ0v) is 9.67. The van der Waals surface area contributed by atoms with Crippen molar-refractivity contribution in [1.29, 1.82) is 0 Å². The van der Waals surface area contributed by atoms with Gasteiger partial charge in [-0.2, -0.15) is 14.8 Å². The fourth-order valence-electron chi connectivity index (χ4n) is 1.36. The molecule has 2 rings (SSSR count). The molecule has 0 fully saturated rings. The molecule has 0 aliphatic carbocycles. The summed E-state index contributed by atoms with van der Waals surface area (Å²) in [4.78, 5) is 4.22. The summed E-state index contributed by atoms with van der Waals surface area (Å²) in [5.74, 6) is 0.349. The van der Waals surface area contributed by atoms with Gasteiger partial charge in [0.2, 0.25) is 0 Å². The van der Waals surface area contributed by atoms with Gasteiger partial charge in [-0.1, -0.05) is 0 Å². The fraction of sp³-hybridized carbons (Fsp3) is 0.400. The number of aromatic nitrogens is 3. The van der Waals surface area contributed by atoms with Crippen LogP contribution in [0.5, 0.6) is 0 Å². The number of aryl methyl sites for hydroxylation is 1. The number of oxazole rings is 1. The van der Waals surface area contributed by atoms with Gasteiger partial charge in [0.15, 0.2) is 0 Å². The van der Waals surface area contributed by atoms with E-state index in [-0.39, 0.29) is 0 Å². The molecule has 2 aromatic heterocycles. The number of alkyl halides is 1. The first-order chi connectivity index (χ1) is 7.13. The number of hydrogen-bond acceptors (Lipinski definition) is 3.